The van der Waals surface area contributed by atoms with Crippen LogP contribution in [0, 0.1) is 0 Å². The molecule has 2 heterocycles. The van der Waals surface area contributed by atoms with E-state index in [1.165, 1.54) is 0 Å². The van der Waals surface area contributed by atoms with Gasteiger partial charge in [0, 0.05) is 38.4 Å². The highest BCUT2D eigenvalue weighted by molar-refractivity contribution is 5.07. The van der Waals surface area contributed by atoms with E-state index < -0.39 is 0 Å². The third-order valence-electron chi connectivity index (χ3n) is 3.45. The minimum absolute atomic E-state index is 0.210. The van der Waals surface area contributed by atoms with Gasteiger partial charge in [0.15, 0.2) is 0 Å². The van der Waals surface area contributed by atoms with Gasteiger partial charge in [-0.15, -0.1) is 0 Å². The van der Waals surface area contributed by atoms with Crippen molar-refractivity contribution in [1.29, 1.82) is 0 Å². The lowest BCUT2D eigenvalue weighted by molar-refractivity contribution is 0.0619. The second-order valence-corrected chi connectivity index (χ2v) is 4.73. The summed E-state index contributed by atoms with van der Waals surface area (Å²) in [6, 6.07) is 2.68. The number of nitrogens with zero attached hydrogens (tertiary/aromatic N) is 4. The molecule has 0 radical (unpaired) electrons. The zero-order valence-corrected chi connectivity index (χ0v) is 10.6. The standard InChI is InChI=1S/C12H21N5/c1-10-8-16(2)5-6-17(10)12(7-13)11-3-4-14-9-15-11/h3-4,9-10,12H,5-8,13H2,1-2H3. The Balaban J connectivity index is 2.13. The molecule has 5 nitrogen and oxygen atoms in total. The van der Waals surface area contributed by atoms with Crippen LogP contribution in [-0.4, -0.2) is 59.0 Å². The molecular weight excluding hydrogens is 214 g/mol. The minimum atomic E-state index is 0.210. The fraction of sp³-hybridized carbons (Fsp3) is 0.667. The fourth-order valence-corrected chi connectivity index (χ4v) is 2.54. The molecule has 1 aromatic heterocycles. The number of hydrogen-bond acceptors (Lipinski definition) is 5. The van der Waals surface area contributed by atoms with Gasteiger partial charge in [0.25, 0.3) is 0 Å². The Morgan fingerprint density at radius 3 is 2.94 bits per heavy atom. The number of rotatable bonds is 3. The molecule has 2 unspecified atom stereocenters. The quantitative estimate of drug-likeness (QED) is 0.806. The van der Waals surface area contributed by atoms with E-state index in [9.17, 15) is 0 Å². The van der Waals surface area contributed by atoms with Crippen LogP contribution >= 0.6 is 0 Å². The summed E-state index contributed by atoms with van der Waals surface area (Å²) in [6.45, 7) is 6.07. The molecule has 2 atom stereocenters. The van der Waals surface area contributed by atoms with E-state index in [0.29, 0.717) is 12.6 Å². The molecule has 1 aliphatic rings. The number of aromatic nitrogens is 2. The summed E-state index contributed by atoms with van der Waals surface area (Å²) in [5, 5.41) is 0. The van der Waals surface area contributed by atoms with Crippen molar-refractivity contribution in [2.24, 2.45) is 5.73 Å². The zero-order chi connectivity index (χ0) is 12.3. The molecule has 94 valence electrons. The zero-order valence-electron chi connectivity index (χ0n) is 10.6. The van der Waals surface area contributed by atoms with Crippen molar-refractivity contribution in [3.63, 3.8) is 0 Å². The number of hydrogen-bond donors (Lipinski definition) is 1. The highest BCUT2D eigenvalue weighted by Gasteiger charge is 2.28. The highest BCUT2D eigenvalue weighted by Crippen LogP contribution is 2.22. The maximum atomic E-state index is 5.92. The van der Waals surface area contributed by atoms with Crippen molar-refractivity contribution >= 4 is 0 Å². The van der Waals surface area contributed by atoms with Gasteiger partial charge in [-0.3, -0.25) is 4.90 Å². The van der Waals surface area contributed by atoms with Crippen LogP contribution in [0.5, 0.6) is 0 Å². The molecular formula is C12H21N5. The molecule has 2 N–H and O–H groups in total. The van der Waals surface area contributed by atoms with E-state index >= 15 is 0 Å². The Kier molecular flexibility index (Phi) is 4.04. The largest absolute Gasteiger partial charge is 0.329 e. The van der Waals surface area contributed by atoms with Gasteiger partial charge in [0.2, 0.25) is 0 Å². The molecule has 0 aromatic carbocycles. The average Bonchev–Trinajstić information content (AvgIpc) is 2.34. The summed E-state index contributed by atoms with van der Waals surface area (Å²) in [7, 11) is 2.16. The fourth-order valence-electron chi connectivity index (χ4n) is 2.54. The van der Waals surface area contributed by atoms with Crippen LogP contribution in [-0.2, 0) is 0 Å². The molecule has 1 fully saturated rings. The molecule has 0 bridgehead atoms. The van der Waals surface area contributed by atoms with Crippen molar-refractivity contribution in [1.82, 2.24) is 19.8 Å². The van der Waals surface area contributed by atoms with Gasteiger partial charge >= 0.3 is 0 Å². The minimum Gasteiger partial charge on any atom is -0.329 e. The normalized spacial score (nSPS) is 24.8. The van der Waals surface area contributed by atoms with Crippen LogP contribution in [0.2, 0.25) is 0 Å². The summed E-state index contributed by atoms with van der Waals surface area (Å²) in [5.74, 6) is 0. The van der Waals surface area contributed by atoms with Gasteiger partial charge in [-0.05, 0) is 20.0 Å². The van der Waals surface area contributed by atoms with E-state index in [4.69, 9.17) is 5.73 Å². The summed E-state index contributed by atoms with van der Waals surface area (Å²) < 4.78 is 0. The van der Waals surface area contributed by atoms with Gasteiger partial charge in [0.1, 0.15) is 6.33 Å². The van der Waals surface area contributed by atoms with E-state index in [2.05, 4.69) is 33.7 Å². The van der Waals surface area contributed by atoms with E-state index in [1.54, 1.807) is 12.5 Å². The van der Waals surface area contributed by atoms with Crippen LogP contribution < -0.4 is 5.73 Å². The molecule has 2 rings (SSSR count). The van der Waals surface area contributed by atoms with Gasteiger partial charge in [-0.1, -0.05) is 0 Å². The van der Waals surface area contributed by atoms with E-state index in [1.807, 2.05) is 6.07 Å². The molecule has 17 heavy (non-hydrogen) atoms. The Labute approximate surface area is 103 Å². The summed E-state index contributed by atoms with van der Waals surface area (Å²) in [6.07, 6.45) is 3.38. The molecule has 0 aliphatic carbocycles. The second kappa shape index (κ2) is 5.53. The van der Waals surface area contributed by atoms with Crippen LogP contribution in [0.25, 0.3) is 0 Å². The number of nitrogens with two attached hydrogens (primary N) is 1. The number of piperazine rings is 1. The summed E-state index contributed by atoms with van der Waals surface area (Å²) in [5.41, 5.74) is 6.94. The lowest BCUT2D eigenvalue weighted by Gasteiger charge is -2.42. The van der Waals surface area contributed by atoms with E-state index in [-0.39, 0.29) is 6.04 Å². The van der Waals surface area contributed by atoms with Crippen molar-refractivity contribution < 1.29 is 0 Å². The van der Waals surface area contributed by atoms with Crippen molar-refractivity contribution in [2.75, 3.05) is 33.2 Å². The van der Waals surface area contributed by atoms with Crippen LogP contribution in [0.1, 0.15) is 18.7 Å². The first-order valence-corrected chi connectivity index (χ1v) is 6.12. The van der Waals surface area contributed by atoms with Crippen molar-refractivity contribution in [3.8, 4) is 0 Å². The van der Waals surface area contributed by atoms with Gasteiger partial charge in [-0.2, -0.15) is 0 Å². The molecule has 0 saturated carbocycles. The van der Waals surface area contributed by atoms with E-state index in [0.717, 1.165) is 25.3 Å². The molecule has 5 heteroatoms. The van der Waals surface area contributed by atoms with Crippen molar-refractivity contribution in [2.45, 2.75) is 19.0 Å². The van der Waals surface area contributed by atoms with Crippen LogP contribution in [0.15, 0.2) is 18.6 Å². The maximum absolute atomic E-state index is 5.92. The number of likely N-dealkylation sites (N-methyl/N-ethyl adjacent to an activating group) is 1. The van der Waals surface area contributed by atoms with Gasteiger partial charge in [0.05, 0.1) is 11.7 Å². The Morgan fingerprint density at radius 1 is 1.53 bits per heavy atom. The lowest BCUT2D eigenvalue weighted by atomic mass is 10.1. The predicted molar refractivity (Wildman–Crippen MR) is 67.5 cm³/mol. The Morgan fingerprint density at radius 2 is 2.35 bits per heavy atom. The Hall–Kier alpha value is -1.04. The first-order valence-electron chi connectivity index (χ1n) is 6.12. The Bertz CT molecular complexity index is 342. The molecule has 0 amide bonds. The van der Waals surface area contributed by atoms with Crippen LogP contribution in [0.3, 0.4) is 0 Å². The summed E-state index contributed by atoms with van der Waals surface area (Å²) in [4.78, 5) is 13.1. The smallest absolute Gasteiger partial charge is 0.115 e. The molecule has 1 aromatic rings. The van der Waals surface area contributed by atoms with Gasteiger partial charge in [-0.25, -0.2) is 9.97 Å². The van der Waals surface area contributed by atoms with Gasteiger partial charge < -0.3 is 10.6 Å². The highest BCUT2D eigenvalue weighted by atomic mass is 15.3. The molecule has 1 saturated heterocycles. The molecule has 0 spiro atoms. The summed E-state index contributed by atoms with van der Waals surface area (Å²) >= 11 is 0. The van der Waals surface area contributed by atoms with Crippen molar-refractivity contribution in [3.05, 3.63) is 24.3 Å². The third kappa shape index (κ3) is 2.80. The third-order valence-corrected chi connectivity index (χ3v) is 3.45. The lowest BCUT2D eigenvalue weighted by Crippen LogP contribution is -2.53. The maximum Gasteiger partial charge on any atom is 0.115 e. The molecule has 1 aliphatic heterocycles. The predicted octanol–water partition coefficient (Wildman–Crippen LogP) is 0.112. The first-order chi connectivity index (χ1) is 8.22. The first kappa shape index (κ1) is 12.4. The monoisotopic (exact) mass is 235 g/mol. The topological polar surface area (TPSA) is 58.3 Å². The van der Waals surface area contributed by atoms with Crippen LogP contribution in [0.4, 0.5) is 0 Å². The SMILES string of the molecule is CC1CN(C)CCN1C(CN)c1ccncn1. The second-order valence-electron chi connectivity index (χ2n) is 4.73. The average molecular weight is 235 g/mol.